The molecule has 25 heavy (non-hydrogen) atoms. The van der Waals surface area contributed by atoms with Gasteiger partial charge in [0.2, 0.25) is 0 Å². The Hall–Kier alpha value is -3.35. The smallest absolute Gasteiger partial charge is 0.161 e. The summed E-state index contributed by atoms with van der Waals surface area (Å²) in [6.07, 6.45) is 2.98. The highest BCUT2D eigenvalue weighted by Crippen LogP contribution is 2.35. The van der Waals surface area contributed by atoms with Crippen molar-refractivity contribution >= 4 is 11.5 Å². The van der Waals surface area contributed by atoms with Crippen LogP contribution in [0.15, 0.2) is 42.7 Å². The number of rotatable bonds is 4. The SMILES string of the molecule is COc1ccc(-c2cnc(N)c(-c3ncc(N)cc3F)c2)cc1OC. The first-order valence-corrected chi connectivity index (χ1v) is 7.42. The highest BCUT2D eigenvalue weighted by atomic mass is 19.1. The quantitative estimate of drug-likeness (QED) is 0.757. The second kappa shape index (κ2) is 6.64. The van der Waals surface area contributed by atoms with E-state index in [1.165, 1.54) is 12.3 Å². The Morgan fingerprint density at radius 1 is 0.880 bits per heavy atom. The van der Waals surface area contributed by atoms with Gasteiger partial charge in [0.1, 0.15) is 11.5 Å². The van der Waals surface area contributed by atoms with E-state index in [9.17, 15) is 4.39 Å². The molecule has 0 bridgehead atoms. The molecule has 0 saturated heterocycles. The number of hydrogen-bond acceptors (Lipinski definition) is 6. The highest BCUT2D eigenvalue weighted by Gasteiger charge is 2.14. The maximum absolute atomic E-state index is 14.2. The molecule has 6 nitrogen and oxygen atoms in total. The largest absolute Gasteiger partial charge is 0.493 e. The third kappa shape index (κ3) is 3.16. The monoisotopic (exact) mass is 340 g/mol. The number of hydrogen-bond donors (Lipinski definition) is 2. The summed E-state index contributed by atoms with van der Waals surface area (Å²) in [5.41, 5.74) is 13.8. The molecule has 128 valence electrons. The van der Waals surface area contributed by atoms with Gasteiger partial charge in [-0.3, -0.25) is 4.98 Å². The van der Waals surface area contributed by atoms with Crippen LogP contribution in [0.4, 0.5) is 15.9 Å². The zero-order chi connectivity index (χ0) is 18.0. The van der Waals surface area contributed by atoms with Crippen molar-refractivity contribution in [3.8, 4) is 33.9 Å². The van der Waals surface area contributed by atoms with E-state index < -0.39 is 5.82 Å². The third-order valence-corrected chi connectivity index (χ3v) is 3.75. The van der Waals surface area contributed by atoms with Crippen molar-refractivity contribution in [2.24, 2.45) is 0 Å². The maximum atomic E-state index is 14.2. The first-order chi connectivity index (χ1) is 12.0. The summed E-state index contributed by atoms with van der Waals surface area (Å²) >= 11 is 0. The van der Waals surface area contributed by atoms with Crippen LogP contribution in [-0.2, 0) is 0 Å². The second-order valence-electron chi connectivity index (χ2n) is 5.33. The normalized spacial score (nSPS) is 10.5. The molecule has 3 rings (SSSR count). The number of anilines is 2. The van der Waals surface area contributed by atoms with Crippen LogP contribution in [0.1, 0.15) is 0 Å². The first-order valence-electron chi connectivity index (χ1n) is 7.42. The van der Waals surface area contributed by atoms with E-state index in [2.05, 4.69) is 9.97 Å². The van der Waals surface area contributed by atoms with Crippen LogP contribution >= 0.6 is 0 Å². The Morgan fingerprint density at radius 2 is 1.64 bits per heavy atom. The molecular formula is C18H17FN4O2. The van der Waals surface area contributed by atoms with E-state index in [-0.39, 0.29) is 17.2 Å². The highest BCUT2D eigenvalue weighted by molar-refractivity contribution is 5.78. The summed E-state index contributed by atoms with van der Waals surface area (Å²) in [5.74, 6) is 0.814. The van der Waals surface area contributed by atoms with Crippen LogP contribution in [0.25, 0.3) is 22.4 Å². The molecule has 0 unspecified atom stereocenters. The van der Waals surface area contributed by atoms with Gasteiger partial charge in [-0.15, -0.1) is 0 Å². The maximum Gasteiger partial charge on any atom is 0.161 e. The lowest BCUT2D eigenvalue weighted by molar-refractivity contribution is 0.355. The number of nitrogens with zero attached hydrogens (tertiary/aromatic N) is 2. The minimum Gasteiger partial charge on any atom is -0.493 e. The van der Waals surface area contributed by atoms with Gasteiger partial charge in [-0.1, -0.05) is 6.07 Å². The van der Waals surface area contributed by atoms with Crippen LogP contribution in [0.2, 0.25) is 0 Å². The Labute approximate surface area is 144 Å². The molecule has 7 heteroatoms. The molecular weight excluding hydrogens is 323 g/mol. The molecule has 2 aromatic heterocycles. The van der Waals surface area contributed by atoms with Crippen molar-refractivity contribution in [2.75, 3.05) is 25.7 Å². The van der Waals surface area contributed by atoms with E-state index in [0.717, 1.165) is 11.1 Å². The van der Waals surface area contributed by atoms with Gasteiger partial charge in [-0.25, -0.2) is 9.37 Å². The van der Waals surface area contributed by atoms with Crippen LogP contribution < -0.4 is 20.9 Å². The zero-order valence-electron chi connectivity index (χ0n) is 13.8. The molecule has 1 aromatic carbocycles. The number of ether oxygens (including phenoxy) is 2. The van der Waals surface area contributed by atoms with Crippen LogP contribution in [0.3, 0.4) is 0 Å². The molecule has 0 amide bonds. The summed E-state index contributed by atoms with van der Waals surface area (Å²) in [4.78, 5) is 8.20. The molecule has 0 fully saturated rings. The van der Waals surface area contributed by atoms with Crippen molar-refractivity contribution in [2.45, 2.75) is 0 Å². The summed E-state index contributed by atoms with van der Waals surface area (Å²) in [5, 5.41) is 0. The fraction of sp³-hybridized carbons (Fsp3) is 0.111. The van der Waals surface area contributed by atoms with Crippen molar-refractivity contribution < 1.29 is 13.9 Å². The first kappa shape index (κ1) is 16.5. The Balaban J connectivity index is 2.11. The number of benzene rings is 1. The van der Waals surface area contributed by atoms with E-state index in [1.54, 1.807) is 32.5 Å². The Morgan fingerprint density at radius 3 is 2.32 bits per heavy atom. The van der Waals surface area contributed by atoms with Gasteiger partial charge in [0.25, 0.3) is 0 Å². The van der Waals surface area contributed by atoms with Crippen molar-refractivity contribution in [3.63, 3.8) is 0 Å². The van der Waals surface area contributed by atoms with Gasteiger partial charge >= 0.3 is 0 Å². The van der Waals surface area contributed by atoms with Gasteiger partial charge in [0.15, 0.2) is 17.3 Å². The summed E-state index contributed by atoms with van der Waals surface area (Å²) in [6.45, 7) is 0. The molecule has 0 atom stereocenters. The summed E-state index contributed by atoms with van der Waals surface area (Å²) < 4.78 is 24.8. The second-order valence-corrected chi connectivity index (χ2v) is 5.33. The molecule has 0 aliphatic heterocycles. The van der Waals surface area contributed by atoms with E-state index in [0.29, 0.717) is 17.1 Å². The molecule has 2 heterocycles. The molecule has 0 aliphatic carbocycles. The van der Waals surface area contributed by atoms with Crippen LogP contribution in [0, 0.1) is 5.82 Å². The summed E-state index contributed by atoms with van der Waals surface area (Å²) in [7, 11) is 3.12. The van der Waals surface area contributed by atoms with Gasteiger partial charge < -0.3 is 20.9 Å². The fourth-order valence-corrected chi connectivity index (χ4v) is 2.49. The predicted octanol–water partition coefficient (Wildman–Crippen LogP) is 3.13. The van der Waals surface area contributed by atoms with Gasteiger partial charge in [-0.05, 0) is 23.8 Å². The fourth-order valence-electron chi connectivity index (χ4n) is 2.49. The minimum atomic E-state index is -0.557. The standard InChI is InChI=1S/C18H17FN4O2/c1-24-15-4-3-10(6-16(15)25-2)11-5-13(18(21)23-8-11)17-14(19)7-12(20)9-22-17/h3-9H,20H2,1-2H3,(H2,21,23). The van der Waals surface area contributed by atoms with Crippen LogP contribution in [0.5, 0.6) is 11.5 Å². The Bertz CT molecular complexity index is 931. The molecule has 3 aromatic rings. The minimum absolute atomic E-state index is 0.0986. The van der Waals surface area contributed by atoms with Crippen molar-refractivity contribution in [3.05, 3.63) is 48.5 Å². The Kier molecular flexibility index (Phi) is 4.38. The number of methoxy groups -OCH3 is 2. The average molecular weight is 340 g/mol. The topological polar surface area (TPSA) is 96.3 Å². The molecule has 0 spiro atoms. The van der Waals surface area contributed by atoms with E-state index >= 15 is 0 Å². The van der Waals surface area contributed by atoms with Gasteiger partial charge in [0.05, 0.1) is 26.1 Å². The lowest BCUT2D eigenvalue weighted by atomic mass is 10.0. The molecule has 0 saturated carbocycles. The number of halogens is 1. The molecule has 0 radical (unpaired) electrons. The number of aromatic nitrogens is 2. The van der Waals surface area contributed by atoms with E-state index in [1.807, 2.05) is 12.1 Å². The number of pyridine rings is 2. The predicted molar refractivity (Wildman–Crippen MR) is 94.8 cm³/mol. The van der Waals surface area contributed by atoms with Crippen molar-refractivity contribution in [1.82, 2.24) is 9.97 Å². The van der Waals surface area contributed by atoms with Crippen molar-refractivity contribution in [1.29, 1.82) is 0 Å². The van der Waals surface area contributed by atoms with Crippen LogP contribution in [-0.4, -0.2) is 24.2 Å². The van der Waals surface area contributed by atoms with Gasteiger partial charge in [0, 0.05) is 23.4 Å². The molecule has 4 N–H and O–H groups in total. The van der Waals surface area contributed by atoms with Gasteiger partial charge in [-0.2, -0.15) is 0 Å². The number of nitrogens with two attached hydrogens (primary N) is 2. The molecule has 0 aliphatic rings. The third-order valence-electron chi connectivity index (χ3n) is 3.75. The lowest BCUT2D eigenvalue weighted by Crippen LogP contribution is -1.99. The number of nitrogen functional groups attached to an aromatic ring is 2. The lowest BCUT2D eigenvalue weighted by Gasteiger charge is -2.11. The average Bonchev–Trinajstić information content (AvgIpc) is 2.62. The zero-order valence-corrected chi connectivity index (χ0v) is 13.8. The summed E-state index contributed by atoms with van der Waals surface area (Å²) in [6, 6.07) is 8.37. The van der Waals surface area contributed by atoms with E-state index in [4.69, 9.17) is 20.9 Å².